The lowest BCUT2D eigenvalue weighted by molar-refractivity contribution is -0.802. The summed E-state index contributed by atoms with van der Waals surface area (Å²) < 4.78 is 5.78. The standard InChI is InChI=1S/C24H50O.C2H7NO/c1-3-5-7-9-11-13-15-17-19-21-23-25-24-22-20-18-16-14-12-10-8-6-4-2;1-3(2)4/h3-24H2,1-2H3;3H,1-2H3. The smallest absolute Gasteiger partial charge is 0.0660 e. The van der Waals surface area contributed by atoms with Crippen molar-refractivity contribution < 1.29 is 9.80 Å². The molecule has 3 heteroatoms. The average molecular weight is 416 g/mol. The van der Waals surface area contributed by atoms with Crippen LogP contribution in [0.1, 0.15) is 142 Å². The Bertz CT molecular complexity index is 234. The molecule has 0 radical (unpaired) electrons. The molecular formula is C26H57NO2. The molecule has 1 N–H and O–H groups in total. The van der Waals surface area contributed by atoms with Crippen LogP contribution in [0, 0.1) is 5.21 Å². The first kappa shape index (κ1) is 31.1. The number of hydrogen-bond acceptors (Lipinski definition) is 2. The van der Waals surface area contributed by atoms with Crippen LogP contribution in [-0.2, 0) is 4.74 Å². The second-order valence-corrected chi connectivity index (χ2v) is 8.88. The van der Waals surface area contributed by atoms with Crippen molar-refractivity contribution >= 4 is 0 Å². The third-order valence-electron chi connectivity index (χ3n) is 5.28. The van der Waals surface area contributed by atoms with Crippen LogP contribution >= 0.6 is 0 Å². The van der Waals surface area contributed by atoms with Gasteiger partial charge in [-0.1, -0.05) is 129 Å². The number of nitrogens with one attached hydrogen (secondary N) is 1. The third-order valence-corrected chi connectivity index (χ3v) is 5.28. The summed E-state index contributed by atoms with van der Waals surface area (Å²) in [6.45, 7) is 6.57. The minimum Gasteiger partial charge on any atom is -0.635 e. The number of ether oxygens (including phenoxy) is 1. The molecule has 29 heavy (non-hydrogen) atoms. The SMILES string of the molecule is CCCCCCCCCCCCOCCCCCCCCCCCC.C[NH+](C)[O-]. The quantitative estimate of drug-likeness (QED) is 0.147. The fourth-order valence-corrected chi connectivity index (χ4v) is 3.49. The van der Waals surface area contributed by atoms with Crippen molar-refractivity contribution in [2.24, 2.45) is 0 Å². The van der Waals surface area contributed by atoms with Gasteiger partial charge in [-0.2, -0.15) is 0 Å². The first-order chi connectivity index (χ1) is 14.1. The molecule has 0 amide bonds. The van der Waals surface area contributed by atoms with Gasteiger partial charge in [0.25, 0.3) is 0 Å². The van der Waals surface area contributed by atoms with Crippen molar-refractivity contribution in [3.05, 3.63) is 5.21 Å². The third kappa shape index (κ3) is 39.0. The second-order valence-electron chi connectivity index (χ2n) is 8.88. The van der Waals surface area contributed by atoms with E-state index in [1.54, 1.807) is 0 Å². The largest absolute Gasteiger partial charge is 0.635 e. The number of unbranched alkanes of at least 4 members (excludes halogenated alkanes) is 18. The maximum absolute atomic E-state index is 9.44. The highest BCUT2D eigenvalue weighted by atomic mass is 16.5. The summed E-state index contributed by atoms with van der Waals surface area (Å²) in [5.41, 5.74) is 0. The van der Waals surface area contributed by atoms with Crippen LogP contribution in [0.3, 0.4) is 0 Å². The van der Waals surface area contributed by atoms with Crippen molar-refractivity contribution in [2.75, 3.05) is 27.3 Å². The van der Waals surface area contributed by atoms with Crippen LogP contribution in [-0.4, -0.2) is 27.3 Å². The minimum absolute atomic E-state index is 0.167. The van der Waals surface area contributed by atoms with Crippen LogP contribution in [0.4, 0.5) is 0 Å². The summed E-state index contributed by atoms with van der Waals surface area (Å²) in [5, 5.41) is 9.61. The van der Waals surface area contributed by atoms with Gasteiger partial charge in [-0.25, -0.2) is 0 Å². The lowest BCUT2D eigenvalue weighted by atomic mass is 10.1. The van der Waals surface area contributed by atoms with Crippen LogP contribution < -0.4 is 5.06 Å². The van der Waals surface area contributed by atoms with E-state index >= 15 is 0 Å². The topological polar surface area (TPSA) is 36.7 Å². The lowest BCUT2D eigenvalue weighted by Crippen LogP contribution is -3.00. The van der Waals surface area contributed by atoms with Gasteiger partial charge in [-0.15, -0.1) is 0 Å². The Balaban J connectivity index is 0. The summed E-state index contributed by atoms with van der Waals surface area (Å²) in [7, 11) is 3.06. The normalized spacial score (nSPS) is 11.0. The summed E-state index contributed by atoms with van der Waals surface area (Å²) in [6, 6.07) is 0. The molecule has 0 saturated heterocycles. The zero-order chi connectivity index (χ0) is 21.8. The Morgan fingerprint density at radius 2 is 0.655 bits per heavy atom. The van der Waals surface area contributed by atoms with Gasteiger partial charge in [0.05, 0.1) is 14.1 Å². The van der Waals surface area contributed by atoms with Gasteiger partial charge >= 0.3 is 0 Å². The van der Waals surface area contributed by atoms with Crippen molar-refractivity contribution in [1.82, 2.24) is 0 Å². The van der Waals surface area contributed by atoms with E-state index in [-0.39, 0.29) is 5.06 Å². The molecule has 0 aromatic heterocycles. The zero-order valence-corrected chi connectivity index (χ0v) is 20.9. The maximum Gasteiger partial charge on any atom is 0.0660 e. The van der Waals surface area contributed by atoms with E-state index in [2.05, 4.69) is 13.8 Å². The van der Waals surface area contributed by atoms with Gasteiger partial charge in [0.1, 0.15) is 0 Å². The predicted molar refractivity (Wildman–Crippen MR) is 131 cm³/mol. The number of quaternary nitrogens is 1. The highest BCUT2D eigenvalue weighted by Crippen LogP contribution is 2.12. The lowest BCUT2D eigenvalue weighted by Gasteiger charge is -2.05. The highest BCUT2D eigenvalue weighted by Gasteiger charge is 1.95. The number of hydroxylamine groups is 2. The molecule has 0 unspecified atom stereocenters. The Morgan fingerprint density at radius 1 is 0.448 bits per heavy atom. The molecule has 0 atom stereocenters. The van der Waals surface area contributed by atoms with E-state index in [1.165, 1.54) is 143 Å². The summed E-state index contributed by atoms with van der Waals surface area (Å²) in [4.78, 5) is 0. The monoisotopic (exact) mass is 415 g/mol. The van der Waals surface area contributed by atoms with Gasteiger partial charge in [-0.05, 0) is 12.8 Å². The molecule has 0 aliphatic carbocycles. The van der Waals surface area contributed by atoms with Gasteiger partial charge in [0.2, 0.25) is 0 Å². The molecule has 0 aromatic rings. The second kappa shape index (κ2) is 30.1. The first-order valence-electron chi connectivity index (χ1n) is 13.2. The highest BCUT2D eigenvalue weighted by molar-refractivity contribution is 4.49. The molecule has 3 nitrogen and oxygen atoms in total. The van der Waals surface area contributed by atoms with Gasteiger partial charge in [-0.3, -0.25) is 0 Å². The van der Waals surface area contributed by atoms with Gasteiger partial charge in [0.15, 0.2) is 0 Å². The van der Waals surface area contributed by atoms with E-state index < -0.39 is 0 Å². The summed E-state index contributed by atoms with van der Waals surface area (Å²) in [5.74, 6) is 0. The number of rotatable bonds is 22. The van der Waals surface area contributed by atoms with Crippen molar-refractivity contribution in [1.29, 1.82) is 0 Å². The zero-order valence-electron chi connectivity index (χ0n) is 20.9. The molecule has 0 fully saturated rings. The molecule has 0 bridgehead atoms. The van der Waals surface area contributed by atoms with E-state index in [0.29, 0.717) is 0 Å². The van der Waals surface area contributed by atoms with E-state index in [1.807, 2.05) is 0 Å². The average Bonchev–Trinajstić information content (AvgIpc) is 2.69. The van der Waals surface area contributed by atoms with Crippen LogP contribution in [0.2, 0.25) is 0 Å². The Kier molecular flexibility index (Phi) is 32.2. The van der Waals surface area contributed by atoms with E-state index in [0.717, 1.165) is 13.2 Å². The fraction of sp³-hybridized carbons (Fsp3) is 1.00. The summed E-state index contributed by atoms with van der Waals surface area (Å²) in [6.07, 6.45) is 28.2. The molecular weight excluding hydrogens is 358 g/mol. The van der Waals surface area contributed by atoms with E-state index in [4.69, 9.17) is 4.74 Å². The van der Waals surface area contributed by atoms with E-state index in [9.17, 15) is 5.21 Å². The predicted octanol–water partition coefficient (Wildman–Crippen LogP) is 7.47. The first-order valence-corrected chi connectivity index (χ1v) is 13.2. The summed E-state index contributed by atoms with van der Waals surface area (Å²) >= 11 is 0. The Hall–Kier alpha value is -0.120. The van der Waals surface area contributed by atoms with Crippen molar-refractivity contribution in [2.45, 2.75) is 142 Å². The maximum atomic E-state index is 9.44. The van der Waals surface area contributed by atoms with Crippen molar-refractivity contribution in [3.63, 3.8) is 0 Å². The van der Waals surface area contributed by atoms with Crippen LogP contribution in [0.15, 0.2) is 0 Å². The molecule has 0 aromatic carbocycles. The van der Waals surface area contributed by atoms with Gasteiger partial charge in [0, 0.05) is 13.2 Å². The molecule has 178 valence electrons. The molecule has 0 aliphatic heterocycles. The van der Waals surface area contributed by atoms with Crippen LogP contribution in [0.5, 0.6) is 0 Å². The Labute approximate surface area is 184 Å². The molecule has 0 heterocycles. The van der Waals surface area contributed by atoms with Gasteiger partial charge < -0.3 is 15.0 Å². The Morgan fingerprint density at radius 3 is 0.897 bits per heavy atom. The van der Waals surface area contributed by atoms with Crippen LogP contribution in [0.25, 0.3) is 0 Å². The molecule has 0 saturated carbocycles. The molecule has 0 spiro atoms. The molecule has 0 rings (SSSR count). The molecule has 0 aliphatic rings. The number of hydrogen-bond donors (Lipinski definition) is 1. The van der Waals surface area contributed by atoms with Crippen molar-refractivity contribution in [3.8, 4) is 0 Å². The fourth-order valence-electron chi connectivity index (χ4n) is 3.49. The minimum atomic E-state index is 0.167.